The van der Waals surface area contributed by atoms with Crippen LogP contribution >= 0.6 is 11.6 Å². The molecule has 0 fully saturated rings. The highest BCUT2D eigenvalue weighted by Gasteiger charge is 2.25. The Morgan fingerprint density at radius 2 is 1.96 bits per heavy atom. The zero-order valence-corrected chi connectivity index (χ0v) is 16.9. The minimum Gasteiger partial charge on any atom is -0.390 e. The Labute approximate surface area is 171 Å². The van der Waals surface area contributed by atoms with E-state index in [-0.39, 0.29) is 6.10 Å². The van der Waals surface area contributed by atoms with Crippen LogP contribution in [0, 0.1) is 0 Å². The molecule has 1 aliphatic heterocycles. The molecule has 0 aliphatic carbocycles. The predicted octanol–water partition coefficient (Wildman–Crippen LogP) is 3.73. The van der Waals surface area contributed by atoms with Crippen molar-refractivity contribution in [2.75, 3.05) is 26.3 Å². The molecule has 0 bridgehead atoms. The van der Waals surface area contributed by atoms with Gasteiger partial charge in [-0.2, -0.15) is 0 Å². The van der Waals surface area contributed by atoms with Crippen molar-refractivity contribution in [2.45, 2.75) is 32.1 Å². The first-order chi connectivity index (χ1) is 13.6. The maximum Gasteiger partial charge on any atom is 0.145 e. The molecular weight excluding hydrogens is 376 g/mol. The second-order valence-corrected chi connectivity index (χ2v) is 7.41. The highest BCUT2D eigenvalue weighted by atomic mass is 35.5. The van der Waals surface area contributed by atoms with Gasteiger partial charge in [0.1, 0.15) is 6.10 Å². The summed E-state index contributed by atoms with van der Waals surface area (Å²) < 4.78 is 5.36. The van der Waals surface area contributed by atoms with E-state index in [9.17, 15) is 5.11 Å². The summed E-state index contributed by atoms with van der Waals surface area (Å²) in [7, 11) is 0. The summed E-state index contributed by atoms with van der Waals surface area (Å²) in [4.78, 5) is 7.88. The van der Waals surface area contributed by atoms with Crippen LogP contribution in [0.2, 0.25) is 5.02 Å². The van der Waals surface area contributed by atoms with Gasteiger partial charge in [0.05, 0.1) is 18.4 Å². The Morgan fingerprint density at radius 1 is 1.21 bits per heavy atom. The number of hydrogen-bond donors (Lipinski definition) is 1. The van der Waals surface area contributed by atoms with Crippen LogP contribution in [0.3, 0.4) is 0 Å². The summed E-state index contributed by atoms with van der Waals surface area (Å²) >= 11 is 5.97. The fourth-order valence-electron chi connectivity index (χ4n) is 3.28. The molecule has 6 heteroatoms. The molecule has 150 valence electrons. The average molecular weight is 403 g/mol. The predicted molar refractivity (Wildman–Crippen MR) is 112 cm³/mol. The van der Waals surface area contributed by atoms with Crippen molar-refractivity contribution in [1.29, 1.82) is 0 Å². The van der Waals surface area contributed by atoms with Gasteiger partial charge in [0.2, 0.25) is 0 Å². The number of aliphatic hydroxyl groups excluding tert-OH is 1. The van der Waals surface area contributed by atoms with E-state index >= 15 is 0 Å². The van der Waals surface area contributed by atoms with Gasteiger partial charge in [-0.05, 0) is 30.2 Å². The van der Waals surface area contributed by atoms with E-state index in [1.54, 1.807) is 0 Å². The normalized spacial score (nSPS) is 17.4. The molecule has 28 heavy (non-hydrogen) atoms. The van der Waals surface area contributed by atoms with E-state index in [0.717, 1.165) is 24.2 Å². The Balaban J connectivity index is 1.60. The number of ether oxygens (including phenoxy) is 1. The van der Waals surface area contributed by atoms with E-state index in [1.807, 2.05) is 49.4 Å². The van der Waals surface area contributed by atoms with Crippen molar-refractivity contribution in [2.24, 2.45) is 5.16 Å². The molecule has 0 saturated heterocycles. The summed E-state index contributed by atoms with van der Waals surface area (Å²) in [6, 6.07) is 17.9. The van der Waals surface area contributed by atoms with Gasteiger partial charge in [0.15, 0.2) is 0 Å². The van der Waals surface area contributed by atoms with Crippen LogP contribution in [0.5, 0.6) is 0 Å². The Hall–Kier alpha value is -1.92. The third-order valence-electron chi connectivity index (χ3n) is 4.60. The minimum atomic E-state index is -0.540. The van der Waals surface area contributed by atoms with Crippen LogP contribution in [-0.4, -0.2) is 54.2 Å². The molecule has 2 aromatic rings. The summed E-state index contributed by atoms with van der Waals surface area (Å²) in [5.41, 5.74) is 3.15. The van der Waals surface area contributed by atoms with Crippen molar-refractivity contribution < 1.29 is 14.7 Å². The second kappa shape index (κ2) is 10.6. The van der Waals surface area contributed by atoms with Gasteiger partial charge in [-0.25, -0.2) is 0 Å². The van der Waals surface area contributed by atoms with E-state index in [0.29, 0.717) is 31.3 Å². The first-order valence-corrected chi connectivity index (χ1v) is 10.0. The number of oxime groups is 1. The number of rotatable bonds is 10. The highest BCUT2D eigenvalue weighted by Crippen LogP contribution is 2.20. The molecule has 2 aromatic carbocycles. The fraction of sp³-hybridized carbons (Fsp3) is 0.409. The zero-order chi connectivity index (χ0) is 19.8. The highest BCUT2D eigenvalue weighted by molar-refractivity contribution is 6.30. The first kappa shape index (κ1) is 20.8. The number of nitrogens with zero attached hydrogens (tertiary/aromatic N) is 2. The van der Waals surface area contributed by atoms with Gasteiger partial charge in [0, 0.05) is 37.7 Å². The number of benzene rings is 2. The molecular formula is C22H27ClN2O3. The maximum absolute atomic E-state index is 10.3. The van der Waals surface area contributed by atoms with Crippen molar-refractivity contribution in [1.82, 2.24) is 4.90 Å². The molecule has 0 saturated carbocycles. The van der Waals surface area contributed by atoms with Gasteiger partial charge in [-0.15, -0.1) is 0 Å². The molecule has 0 unspecified atom stereocenters. The summed E-state index contributed by atoms with van der Waals surface area (Å²) in [5, 5.41) is 15.3. The van der Waals surface area contributed by atoms with Crippen molar-refractivity contribution in [3.8, 4) is 0 Å². The van der Waals surface area contributed by atoms with Gasteiger partial charge in [-0.1, -0.05) is 59.2 Å². The third kappa shape index (κ3) is 6.31. The number of halogens is 1. The van der Waals surface area contributed by atoms with Crippen LogP contribution < -0.4 is 0 Å². The van der Waals surface area contributed by atoms with E-state index in [2.05, 4.69) is 22.2 Å². The summed E-state index contributed by atoms with van der Waals surface area (Å²) in [5.74, 6) is 0. The lowest BCUT2D eigenvalue weighted by Gasteiger charge is -2.27. The maximum atomic E-state index is 10.3. The van der Waals surface area contributed by atoms with E-state index in [1.165, 1.54) is 5.56 Å². The molecule has 0 spiro atoms. The van der Waals surface area contributed by atoms with Crippen LogP contribution in [-0.2, 0) is 16.1 Å². The van der Waals surface area contributed by atoms with E-state index < -0.39 is 6.10 Å². The molecule has 0 radical (unpaired) electrons. The van der Waals surface area contributed by atoms with Gasteiger partial charge >= 0.3 is 0 Å². The monoisotopic (exact) mass is 402 g/mol. The lowest BCUT2D eigenvalue weighted by Crippen LogP contribution is -2.39. The van der Waals surface area contributed by atoms with Crippen LogP contribution in [0.15, 0.2) is 59.8 Å². The Morgan fingerprint density at radius 3 is 2.68 bits per heavy atom. The van der Waals surface area contributed by atoms with Crippen LogP contribution in [0.1, 0.15) is 24.5 Å². The molecule has 0 amide bonds. The second-order valence-electron chi connectivity index (χ2n) is 6.97. The Kier molecular flexibility index (Phi) is 7.86. The number of hydrogen-bond acceptors (Lipinski definition) is 5. The molecule has 2 atom stereocenters. The van der Waals surface area contributed by atoms with Crippen molar-refractivity contribution >= 4 is 17.3 Å². The molecule has 1 N–H and O–H groups in total. The largest absolute Gasteiger partial charge is 0.390 e. The minimum absolute atomic E-state index is 0.0475. The van der Waals surface area contributed by atoms with Crippen LogP contribution in [0.25, 0.3) is 0 Å². The smallest absolute Gasteiger partial charge is 0.145 e. The molecule has 1 aliphatic rings. The molecule has 5 nitrogen and oxygen atoms in total. The molecule has 1 heterocycles. The Bertz CT molecular complexity index is 752. The van der Waals surface area contributed by atoms with Crippen molar-refractivity contribution in [3.05, 3.63) is 70.7 Å². The number of aliphatic hydroxyl groups is 1. The molecule has 3 rings (SSSR count). The van der Waals surface area contributed by atoms with E-state index in [4.69, 9.17) is 21.2 Å². The third-order valence-corrected chi connectivity index (χ3v) is 4.86. The van der Waals surface area contributed by atoms with Gasteiger partial charge < -0.3 is 14.7 Å². The average Bonchev–Trinajstić information content (AvgIpc) is 3.16. The molecule has 0 aromatic heterocycles. The fourth-order valence-corrected chi connectivity index (χ4v) is 3.40. The zero-order valence-electron chi connectivity index (χ0n) is 16.1. The standard InChI is InChI=1S/C22H27ClN2O3/c1-2-27-16-20(26)14-25(13-17-6-4-3-5-7-17)15-21-12-22(24-28-21)18-8-10-19(23)11-9-18/h3-11,20-21,26H,2,12-16H2,1H3/t20-,21-/m0/s1. The quantitative estimate of drug-likeness (QED) is 0.657. The van der Waals surface area contributed by atoms with Gasteiger partial charge in [-0.3, -0.25) is 4.90 Å². The topological polar surface area (TPSA) is 54.3 Å². The van der Waals surface area contributed by atoms with Crippen LogP contribution in [0.4, 0.5) is 0 Å². The SMILES string of the molecule is CCOC[C@@H](O)CN(Cc1ccccc1)C[C@@H]1CC(c2ccc(Cl)cc2)=NO1. The lowest BCUT2D eigenvalue weighted by atomic mass is 10.0. The van der Waals surface area contributed by atoms with Gasteiger partial charge in [0.25, 0.3) is 0 Å². The summed E-state index contributed by atoms with van der Waals surface area (Å²) in [6.07, 6.45) is 0.143. The first-order valence-electron chi connectivity index (χ1n) is 9.64. The van der Waals surface area contributed by atoms with Crippen molar-refractivity contribution in [3.63, 3.8) is 0 Å². The summed E-state index contributed by atoms with van der Waals surface area (Å²) in [6.45, 7) is 4.79. The lowest BCUT2D eigenvalue weighted by molar-refractivity contribution is 0.000495.